The first-order valence-corrected chi connectivity index (χ1v) is 8.51. The Kier molecular flexibility index (Phi) is 9.51. The lowest BCUT2D eigenvalue weighted by molar-refractivity contribution is 0.0953. The van der Waals surface area contributed by atoms with E-state index >= 15 is 0 Å². The highest BCUT2D eigenvalue weighted by atomic mass is 127. The van der Waals surface area contributed by atoms with E-state index in [0.717, 1.165) is 22.1 Å². The second-order valence-corrected chi connectivity index (χ2v) is 6.29. The molecule has 0 saturated heterocycles. The summed E-state index contributed by atoms with van der Waals surface area (Å²) in [4.78, 5) is 16.2. The molecule has 1 amide bonds. The van der Waals surface area contributed by atoms with Gasteiger partial charge >= 0.3 is 0 Å². The minimum atomic E-state index is -0.0858. The lowest BCUT2D eigenvalue weighted by Crippen LogP contribution is -2.26. The minimum Gasteiger partial charge on any atom is -0.370 e. The molecule has 0 fully saturated rings. The van der Waals surface area contributed by atoms with Crippen molar-refractivity contribution in [2.24, 2.45) is 10.7 Å². The van der Waals surface area contributed by atoms with Crippen molar-refractivity contribution in [3.63, 3.8) is 0 Å². The molecule has 2 aromatic rings. The maximum atomic E-state index is 11.9. The maximum absolute atomic E-state index is 11.9. The zero-order valence-corrected chi connectivity index (χ0v) is 17.9. The summed E-state index contributed by atoms with van der Waals surface area (Å²) in [7, 11) is 0. The molecule has 5 nitrogen and oxygen atoms in total. The molecule has 0 spiro atoms. The number of guanidine groups is 1. The number of benzene rings is 2. The topological polar surface area (TPSA) is 79.5 Å². The summed E-state index contributed by atoms with van der Waals surface area (Å²) in [5, 5.41) is 5.91. The number of nitrogens with zero attached hydrogens (tertiary/aromatic N) is 1. The van der Waals surface area contributed by atoms with E-state index in [1.807, 2.05) is 43.3 Å². The van der Waals surface area contributed by atoms with Crippen molar-refractivity contribution in [3.8, 4) is 0 Å². The molecule has 0 aliphatic heterocycles. The van der Waals surface area contributed by atoms with Gasteiger partial charge in [-0.25, -0.2) is 0 Å². The van der Waals surface area contributed by atoms with Crippen molar-refractivity contribution in [2.45, 2.75) is 13.3 Å². The number of hydrogen-bond donors (Lipinski definition) is 3. The first kappa shape index (κ1) is 21.4. The van der Waals surface area contributed by atoms with Crippen molar-refractivity contribution in [2.75, 3.05) is 18.4 Å². The summed E-state index contributed by atoms with van der Waals surface area (Å²) >= 11 is 3.34. The van der Waals surface area contributed by atoms with E-state index in [1.165, 1.54) is 0 Å². The van der Waals surface area contributed by atoms with Gasteiger partial charge in [-0.3, -0.25) is 9.79 Å². The molecule has 4 N–H and O–H groups in total. The molecular formula is C18H22BrIN4O. The van der Waals surface area contributed by atoms with Gasteiger partial charge in [0.25, 0.3) is 5.91 Å². The van der Waals surface area contributed by atoms with Crippen LogP contribution in [0.4, 0.5) is 5.69 Å². The van der Waals surface area contributed by atoms with Gasteiger partial charge in [-0.2, -0.15) is 0 Å². The van der Waals surface area contributed by atoms with Crippen LogP contribution in [0.3, 0.4) is 0 Å². The van der Waals surface area contributed by atoms with E-state index < -0.39 is 0 Å². The van der Waals surface area contributed by atoms with Crippen LogP contribution in [0.1, 0.15) is 22.3 Å². The van der Waals surface area contributed by atoms with Crippen molar-refractivity contribution < 1.29 is 4.79 Å². The summed E-state index contributed by atoms with van der Waals surface area (Å²) in [6.45, 7) is 3.12. The highest BCUT2D eigenvalue weighted by Gasteiger charge is 2.03. The maximum Gasteiger partial charge on any atom is 0.251 e. The Morgan fingerprint density at radius 2 is 1.92 bits per heavy atom. The Morgan fingerprint density at radius 3 is 2.60 bits per heavy atom. The number of amides is 1. The third kappa shape index (κ3) is 7.87. The molecule has 2 rings (SSSR count). The average Bonchev–Trinajstić information content (AvgIpc) is 2.55. The van der Waals surface area contributed by atoms with Crippen LogP contribution in [0.15, 0.2) is 58.0 Å². The van der Waals surface area contributed by atoms with E-state index in [-0.39, 0.29) is 29.9 Å². The second-order valence-electron chi connectivity index (χ2n) is 5.38. The number of carbonyl (C=O) groups is 1. The average molecular weight is 517 g/mol. The third-order valence-corrected chi connectivity index (χ3v) is 3.83. The van der Waals surface area contributed by atoms with Crippen molar-refractivity contribution in [1.82, 2.24) is 5.32 Å². The monoisotopic (exact) mass is 516 g/mol. The molecule has 0 aliphatic carbocycles. The Labute approximate surface area is 173 Å². The van der Waals surface area contributed by atoms with Gasteiger partial charge in [-0.1, -0.05) is 28.1 Å². The van der Waals surface area contributed by atoms with Gasteiger partial charge in [0.15, 0.2) is 5.96 Å². The summed E-state index contributed by atoms with van der Waals surface area (Å²) in [6.07, 6.45) is 0.721. The first-order valence-electron chi connectivity index (χ1n) is 7.72. The quantitative estimate of drug-likeness (QED) is 0.235. The zero-order chi connectivity index (χ0) is 17.4. The lowest BCUT2D eigenvalue weighted by atomic mass is 10.2. The Balaban J connectivity index is 0.00000312. The fourth-order valence-corrected chi connectivity index (χ4v) is 2.36. The number of nitrogens with one attached hydrogen (secondary N) is 2. The predicted molar refractivity (Wildman–Crippen MR) is 118 cm³/mol. The van der Waals surface area contributed by atoms with Crippen LogP contribution in [-0.2, 0) is 0 Å². The van der Waals surface area contributed by atoms with E-state index in [1.54, 1.807) is 12.1 Å². The molecule has 0 aliphatic rings. The van der Waals surface area contributed by atoms with Crippen LogP contribution in [0.5, 0.6) is 0 Å². The van der Waals surface area contributed by atoms with Crippen molar-refractivity contribution >= 4 is 57.5 Å². The highest BCUT2D eigenvalue weighted by molar-refractivity contribution is 14.0. The SMILES string of the molecule is Cc1cccc(NC(N)=NCCCNC(=O)c2ccc(Br)cc2)c1.I. The fraction of sp³-hybridized carbons (Fsp3) is 0.222. The van der Waals surface area contributed by atoms with Crippen LogP contribution in [0, 0.1) is 6.92 Å². The van der Waals surface area contributed by atoms with Gasteiger partial charge in [-0.15, -0.1) is 24.0 Å². The lowest BCUT2D eigenvalue weighted by Gasteiger charge is -2.07. The molecule has 25 heavy (non-hydrogen) atoms. The van der Waals surface area contributed by atoms with E-state index in [2.05, 4.69) is 31.6 Å². The van der Waals surface area contributed by atoms with E-state index in [4.69, 9.17) is 5.73 Å². The van der Waals surface area contributed by atoms with Crippen LogP contribution in [0.2, 0.25) is 0 Å². The molecule has 2 aromatic carbocycles. The molecular weight excluding hydrogens is 495 g/mol. The van der Waals surface area contributed by atoms with Gasteiger partial charge in [-0.05, 0) is 55.3 Å². The van der Waals surface area contributed by atoms with Crippen LogP contribution < -0.4 is 16.4 Å². The van der Waals surface area contributed by atoms with E-state index in [9.17, 15) is 4.79 Å². The predicted octanol–water partition coefficient (Wildman–Crippen LogP) is 3.92. The number of hydrogen-bond acceptors (Lipinski definition) is 2. The molecule has 0 atom stereocenters. The number of halogens is 2. The van der Waals surface area contributed by atoms with Gasteiger partial charge in [0, 0.05) is 28.8 Å². The summed E-state index contributed by atoms with van der Waals surface area (Å²) < 4.78 is 0.949. The third-order valence-electron chi connectivity index (χ3n) is 3.30. The Bertz CT molecular complexity index is 719. The smallest absolute Gasteiger partial charge is 0.251 e. The number of aliphatic imine (C=N–C) groups is 1. The van der Waals surface area contributed by atoms with Gasteiger partial charge in [0.2, 0.25) is 0 Å². The number of nitrogens with two attached hydrogens (primary N) is 1. The van der Waals surface area contributed by atoms with Gasteiger partial charge < -0.3 is 16.4 Å². The first-order chi connectivity index (χ1) is 11.5. The van der Waals surface area contributed by atoms with Crippen LogP contribution in [-0.4, -0.2) is 25.0 Å². The number of anilines is 1. The zero-order valence-electron chi connectivity index (χ0n) is 14.0. The number of rotatable bonds is 6. The Morgan fingerprint density at radius 1 is 1.20 bits per heavy atom. The standard InChI is InChI=1S/C18H21BrN4O.HI/c1-13-4-2-5-16(12-13)23-18(20)22-11-3-10-21-17(24)14-6-8-15(19)9-7-14;/h2,4-9,12H,3,10-11H2,1H3,(H,21,24)(H3,20,22,23);1H. The highest BCUT2D eigenvalue weighted by Crippen LogP contribution is 2.10. The van der Waals surface area contributed by atoms with Gasteiger partial charge in [0.1, 0.15) is 0 Å². The number of aryl methyl sites for hydroxylation is 1. The normalized spacial score (nSPS) is 10.7. The minimum absolute atomic E-state index is 0. The molecule has 0 unspecified atom stereocenters. The summed E-state index contributed by atoms with van der Waals surface area (Å²) in [5.74, 6) is 0.289. The summed E-state index contributed by atoms with van der Waals surface area (Å²) in [6, 6.07) is 15.2. The molecule has 0 saturated carbocycles. The molecule has 7 heteroatoms. The van der Waals surface area contributed by atoms with E-state index in [0.29, 0.717) is 24.6 Å². The number of carbonyl (C=O) groups excluding carboxylic acids is 1. The summed E-state index contributed by atoms with van der Waals surface area (Å²) in [5.41, 5.74) is 8.56. The Hall–Kier alpha value is -1.61. The van der Waals surface area contributed by atoms with Crippen molar-refractivity contribution in [3.05, 3.63) is 64.1 Å². The fourth-order valence-electron chi connectivity index (χ4n) is 2.09. The second kappa shape index (κ2) is 11.1. The molecule has 0 bridgehead atoms. The van der Waals surface area contributed by atoms with Crippen molar-refractivity contribution in [1.29, 1.82) is 0 Å². The van der Waals surface area contributed by atoms with Gasteiger partial charge in [0.05, 0.1) is 0 Å². The molecule has 0 aromatic heterocycles. The molecule has 0 heterocycles. The van der Waals surface area contributed by atoms with Crippen LogP contribution >= 0.6 is 39.9 Å². The molecule has 0 radical (unpaired) electrons. The largest absolute Gasteiger partial charge is 0.370 e. The van der Waals surface area contributed by atoms with Crippen LogP contribution in [0.25, 0.3) is 0 Å². The molecule has 134 valence electrons.